The predicted octanol–water partition coefficient (Wildman–Crippen LogP) is 3.47. The Labute approximate surface area is 197 Å². The van der Waals surface area contributed by atoms with Gasteiger partial charge in [0.15, 0.2) is 0 Å². The first-order valence-electron chi connectivity index (χ1n) is 11.3. The van der Waals surface area contributed by atoms with Gasteiger partial charge in [-0.15, -0.1) is 0 Å². The fourth-order valence-electron chi connectivity index (χ4n) is 4.00. The van der Waals surface area contributed by atoms with Crippen LogP contribution in [0.15, 0.2) is 47.4 Å². The number of hydrogen-bond acceptors (Lipinski definition) is 5. The van der Waals surface area contributed by atoms with Crippen molar-refractivity contribution in [3.63, 3.8) is 0 Å². The van der Waals surface area contributed by atoms with Gasteiger partial charge in [-0.2, -0.15) is 0 Å². The van der Waals surface area contributed by atoms with Gasteiger partial charge in [-0.3, -0.25) is 9.69 Å². The molecule has 33 heavy (non-hydrogen) atoms. The maximum absolute atomic E-state index is 13.0. The largest absolute Gasteiger partial charge is 0.497 e. The number of rotatable bonds is 7. The van der Waals surface area contributed by atoms with Crippen LogP contribution in [0.25, 0.3) is 0 Å². The van der Waals surface area contributed by atoms with Crippen LogP contribution in [0.1, 0.15) is 55.1 Å². The third kappa shape index (κ3) is 7.03. The molecule has 0 unspecified atom stereocenters. The highest BCUT2D eigenvalue weighted by molar-refractivity contribution is 7.89. The number of aryl methyl sites for hydroxylation is 1. The Balaban J connectivity index is 1.61. The second kappa shape index (κ2) is 10.2. The summed E-state index contributed by atoms with van der Waals surface area (Å²) in [6.07, 6.45) is 1.69. The standard InChI is InChI=1S/C25H35N3O4S/c1-18-9-10-22(33(30,31)27-25(2,3)4)16-23(18)24(29)26-20-11-13-28(14-12-20)17-19-7-6-8-21(15-19)32-5/h6-10,15-16,20,27H,11-14,17H2,1-5H3,(H,26,29). The van der Waals surface area contributed by atoms with E-state index in [2.05, 4.69) is 21.0 Å². The molecule has 2 aromatic rings. The van der Waals surface area contributed by atoms with Gasteiger partial charge in [0, 0.05) is 36.8 Å². The van der Waals surface area contributed by atoms with Gasteiger partial charge in [-0.25, -0.2) is 13.1 Å². The molecular weight excluding hydrogens is 438 g/mol. The second-order valence-electron chi connectivity index (χ2n) is 9.71. The van der Waals surface area contributed by atoms with E-state index in [9.17, 15) is 13.2 Å². The van der Waals surface area contributed by atoms with Crippen LogP contribution in [0.5, 0.6) is 5.75 Å². The molecule has 0 aliphatic carbocycles. The Hall–Kier alpha value is -2.42. The second-order valence-corrected chi connectivity index (χ2v) is 11.4. The quantitative estimate of drug-likeness (QED) is 0.643. The highest BCUT2D eigenvalue weighted by Gasteiger charge is 2.25. The summed E-state index contributed by atoms with van der Waals surface area (Å²) in [5.74, 6) is 0.624. The zero-order valence-corrected chi connectivity index (χ0v) is 21.0. The van der Waals surface area contributed by atoms with Crippen LogP contribution < -0.4 is 14.8 Å². The minimum absolute atomic E-state index is 0.0615. The molecule has 1 saturated heterocycles. The molecule has 0 spiro atoms. The summed E-state index contributed by atoms with van der Waals surface area (Å²) in [6, 6.07) is 12.8. The van der Waals surface area contributed by atoms with Crippen molar-refractivity contribution < 1.29 is 17.9 Å². The summed E-state index contributed by atoms with van der Waals surface area (Å²) < 4.78 is 33.3. The summed E-state index contributed by atoms with van der Waals surface area (Å²) in [6.45, 7) is 9.78. The summed E-state index contributed by atoms with van der Waals surface area (Å²) in [4.78, 5) is 15.5. The van der Waals surface area contributed by atoms with Gasteiger partial charge in [-0.1, -0.05) is 18.2 Å². The van der Waals surface area contributed by atoms with E-state index in [1.807, 2.05) is 25.1 Å². The molecule has 7 nitrogen and oxygen atoms in total. The molecule has 0 saturated carbocycles. The van der Waals surface area contributed by atoms with Crippen LogP contribution in [0.4, 0.5) is 0 Å². The number of ether oxygens (including phenoxy) is 1. The molecule has 0 atom stereocenters. The van der Waals surface area contributed by atoms with Crippen LogP contribution in [0.3, 0.4) is 0 Å². The molecule has 1 heterocycles. The van der Waals surface area contributed by atoms with Crippen molar-refractivity contribution in [3.8, 4) is 5.75 Å². The number of nitrogens with zero attached hydrogens (tertiary/aromatic N) is 1. The van der Waals surface area contributed by atoms with E-state index in [-0.39, 0.29) is 16.8 Å². The fraction of sp³-hybridized carbons (Fsp3) is 0.480. The van der Waals surface area contributed by atoms with Crippen LogP contribution in [-0.2, 0) is 16.6 Å². The van der Waals surface area contributed by atoms with Crippen molar-refractivity contribution in [2.45, 2.75) is 63.6 Å². The van der Waals surface area contributed by atoms with Crippen molar-refractivity contribution in [3.05, 3.63) is 59.2 Å². The van der Waals surface area contributed by atoms with Gasteiger partial charge in [0.1, 0.15) is 5.75 Å². The average Bonchev–Trinajstić information content (AvgIpc) is 2.73. The van der Waals surface area contributed by atoms with Gasteiger partial charge >= 0.3 is 0 Å². The van der Waals surface area contributed by atoms with E-state index in [1.165, 1.54) is 17.7 Å². The van der Waals surface area contributed by atoms with E-state index < -0.39 is 15.6 Å². The van der Waals surface area contributed by atoms with Crippen LogP contribution >= 0.6 is 0 Å². The molecular formula is C25H35N3O4S. The fourth-order valence-corrected chi connectivity index (χ4v) is 5.45. The topological polar surface area (TPSA) is 87.7 Å². The summed E-state index contributed by atoms with van der Waals surface area (Å²) >= 11 is 0. The number of nitrogens with one attached hydrogen (secondary N) is 2. The van der Waals surface area contributed by atoms with Crippen LogP contribution in [0.2, 0.25) is 0 Å². The normalized spacial score (nSPS) is 15.9. The third-order valence-corrected chi connectivity index (χ3v) is 7.42. The molecule has 0 bridgehead atoms. The Morgan fingerprint density at radius 2 is 1.82 bits per heavy atom. The number of piperidine rings is 1. The summed E-state index contributed by atoms with van der Waals surface area (Å²) in [5.41, 5.74) is 1.74. The van der Waals surface area contributed by atoms with Crippen LogP contribution in [0, 0.1) is 6.92 Å². The van der Waals surface area contributed by atoms with Crippen molar-refractivity contribution in [1.82, 2.24) is 14.9 Å². The van der Waals surface area contributed by atoms with E-state index in [4.69, 9.17) is 4.74 Å². The Kier molecular flexibility index (Phi) is 7.82. The minimum atomic E-state index is -3.71. The molecule has 2 N–H and O–H groups in total. The molecule has 1 amide bonds. The third-order valence-electron chi connectivity index (χ3n) is 5.67. The molecule has 3 rings (SSSR count). The molecule has 0 aromatic heterocycles. The Morgan fingerprint density at radius 3 is 2.45 bits per heavy atom. The smallest absolute Gasteiger partial charge is 0.251 e. The van der Waals surface area contributed by atoms with Crippen molar-refractivity contribution in [2.24, 2.45) is 0 Å². The monoisotopic (exact) mass is 473 g/mol. The molecule has 180 valence electrons. The van der Waals surface area contributed by atoms with E-state index in [1.54, 1.807) is 33.9 Å². The van der Waals surface area contributed by atoms with Gasteiger partial charge < -0.3 is 10.1 Å². The predicted molar refractivity (Wildman–Crippen MR) is 130 cm³/mol. The molecule has 0 radical (unpaired) electrons. The SMILES string of the molecule is COc1cccc(CN2CCC(NC(=O)c3cc(S(=O)(=O)NC(C)(C)C)ccc3C)CC2)c1. The van der Waals surface area contributed by atoms with E-state index in [0.717, 1.165) is 43.8 Å². The minimum Gasteiger partial charge on any atom is -0.497 e. The highest BCUT2D eigenvalue weighted by atomic mass is 32.2. The number of carbonyl (C=O) groups is 1. The number of likely N-dealkylation sites (tertiary alicyclic amines) is 1. The zero-order valence-electron chi connectivity index (χ0n) is 20.1. The van der Waals surface area contributed by atoms with Gasteiger partial charge in [0.25, 0.3) is 5.91 Å². The Morgan fingerprint density at radius 1 is 1.12 bits per heavy atom. The lowest BCUT2D eigenvalue weighted by Gasteiger charge is -2.32. The van der Waals surface area contributed by atoms with Gasteiger partial charge in [-0.05, 0) is 75.9 Å². The molecule has 2 aromatic carbocycles. The van der Waals surface area contributed by atoms with Crippen molar-refractivity contribution in [1.29, 1.82) is 0 Å². The first-order valence-corrected chi connectivity index (χ1v) is 12.8. The number of hydrogen-bond donors (Lipinski definition) is 2. The first-order chi connectivity index (χ1) is 15.5. The summed E-state index contributed by atoms with van der Waals surface area (Å²) in [7, 11) is -2.04. The summed E-state index contributed by atoms with van der Waals surface area (Å²) in [5, 5.41) is 3.10. The van der Waals surface area contributed by atoms with Gasteiger partial charge in [0.05, 0.1) is 12.0 Å². The lowest BCUT2D eigenvalue weighted by atomic mass is 10.0. The first kappa shape index (κ1) is 25.2. The maximum atomic E-state index is 13.0. The van der Waals surface area contributed by atoms with Crippen molar-refractivity contribution in [2.75, 3.05) is 20.2 Å². The maximum Gasteiger partial charge on any atom is 0.251 e. The number of methoxy groups -OCH3 is 1. The molecule has 1 aliphatic rings. The van der Waals surface area contributed by atoms with Crippen LogP contribution in [-0.4, -0.2) is 51.0 Å². The zero-order chi connectivity index (χ0) is 24.2. The van der Waals surface area contributed by atoms with E-state index in [0.29, 0.717) is 5.56 Å². The molecule has 1 aliphatic heterocycles. The molecule has 1 fully saturated rings. The lowest BCUT2D eigenvalue weighted by molar-refractivity contribution is 0.0908. The lowest BCUT2D eigenvalue weighted by Crippen LogP contribution is -2.44. The average molecular weight is 474 g/mol. The number of benzene rings is 2. The number of carbonyl (C=O) groups excluding carboxylic acids is 1. The molecule has 8 heteroatoms. The van der Waals surface area contributed by atoms with Gasteiger partial charge in [0.2, 0.25) is 10.0 Å². The van der Waals surface area contributed by atoms with E-state index >= 15 is 0 Å². The van der Waals surface area contributed by atoms with Crippen molar-refractivity contribution >= 4 is 15.9 Å². The highest BCUT2D eigenvalue weighted by Crippen LogP contribution is 2.20. The Bertz CT molecular complexity index is 1090. The number of sulfonamides is 1. The number of amides is 1.